The fraction of sp³-hybridized carbons (Fsp3) is 1.00. The van der Waals surface area contributed by atoms with Crippen LogP contribution in [-0.2, 0) is 4.74 Å². The minimum absolute atomic E-state index is 0.480. The molecule has 16 heavy (non-hydrogen) atoms. The molecule has 1 heterocycles. The molecule has 3 heteroatoms. The summed E-state index contributed by atoms with van der Waals surface area (Å²) in [6, 6.07) is 0.790. The lowest BCUT2D eigenvalue weighted by atomic mass is 10.0. The van der Waals surface area contributed by atoms with Crippen molar-refractivity contribution in [2.75, 3.05) is 19.4 Å². The minimum atomic E-state index is 0.480. The topological polar surface area (TPSA) is 21.3 Å². The first-order valence-corrected chi connectivity index (χ1v) is 7.76. The molecular formula is C13H25NOS. The molecule has 0 amide bonds. The quantitative estimate of drug-likeness (QED) is 0.802. The molecule has 2 nitrogen and oxygen atoms in total. The molecule has 0 aromatic heterocycles. The standard InChI is InChI=1S/C13H25NOS/c1-10-13(6-8-15-10)16-9-7-11-4-3-5-12(11)14-2/h10-14H,3-9H2,1-2H3. The second-order valence-electron chi connectivity index (χ2n) is 5.15. The number of hydrogen-bond donors (Lipinski definition) is 1. The lowest BCUT2D eigenvalue weighted by Gasteiger charge is -2.20. The predicted molar refractivity (Wildman–Crippen MR) is 71.1 cm³/mol. The molecule has 94 valence electrons. The Morgan fingerprint density at radius 2 is 2.19 bits per heavy atom. The highest BCUT2D eigenvalue weighted by Gasteiger charge is 2.27. The number of nitrogens with one attached hydrogen (secondary N) is 1. The molecule has 2 rings (SSSR count). The van der Waals surface area contributed by atoms with E-state index < -0.39 is 0 Å². The maximum Gasteiger partial charge on any atom is 0.0666 e. The molecule has 2 fully saturated rings. The van der Waals surface area contributed by atoms with Crippen LogP contribution in [0.2, 0.25) is 0 Å². The summed E-state index contributed by atoms with van der Waals surface area (Å²) in [6.07, 6.45) is 7.36. The van der Waals surface area contributed by atoms with Crippen molar-refractivity contribution in [3.05, 3.63) is 0 Å². The van der Waals surface area contributed by atoms with Crippen molar-refractivity contribution < 1.29 is 4.74 Å². The second-order valence-corrected chi connectivity index (χ2v) is 6.50. The highest BCUT2D eigenvalue weighted by atomic mass is 32.2. The van der Waals surface area contributed by atoms with Crippen LogP contribution >= 0.6 is 11.8 Å². The first-order valence-electron chi connectivity index (χ1n) is 6.71. The van der Waals surface area contributed by atoms with Crippen molar-refractivity contribution in [1.29, 1.82) is 0 Å². The first kappa shape index (κ1) is 12.7. The summed E-state index contributed by atoms with van der Waals surface area (Å²) < 4.78 is 5.60. The summed E-state index contributed by atoms with van der Waals surface area (Å²) in [6.45, 7) is 3.19. The Kier molecular flexibility index (Phi) is 4.98. The molecule has 0 radical (unpaired) electrons. The van der Waals surface area contributed by atoms with E-state index in [9.17, 15) is 0 Å². The zero-order chi connectivity index (χ0) is 11.4. The van der Waals surface area contributed by atoms with Crippen molar-refractivity contribution in [3.8, 4) is 0 Å². The Morgan fingerprint density at radius 3 is 2.88 bits per heavy atom. The molecule has 0 bridgehead atoms. The van der Waals surface area contributed by atoms with Crippen molar-refractivity contribution in [1.82, 2.24) is 5.32 Å². The Balaban J connectivity index is 1.63. The smallest absolute Gasteiger partial charge is 0.0666 e. The van der Waals surface area contributed by atoms with E-state index in [0.29, 0.717) is 6.10 Å². The molecule has 0 aromatic carbocycles. The van der Waals surface area contributed by atoms with Crippen LogP contribution in [-0.4, -0.2) is 36.8 Å². The van der Waals surface area contributed by atoms with E-state index in [2.05, 4.69) is 31.1 Å². The van der Waals surface area contributed by atoms with Crippen LogP contribution in [0.1, 0.15) is 39.0 Å². The van der Waals surface area contributed by atoms with E-state index in [0.717, 1.165) is 23.8 Å². The van der Waals surface area contributed by atoms with E-state index in [1.54, 1.807) is 0 Å². The highest BCUT2D eigenvalue weighted by Crippen LogP contribution is 2.32. The van der Waals surface area contributed by atoms with Crippen LogP contribution < -0.4 is 5.32 Å². The van der Waals surface area contributed by atoms with Crippen molar-refractivity contribution >= 4 is 11.8 Å². The van der Waals surface area contributed by atoms with Gasteiger partial charge in [0.15, 0.2) is 0 Å². The number of ether oxygens (including phenoxy) is 1. The van der Waals surface area contributed by atoms with Gasteiger partial charge in [0.1, 0.15) is 0 Å². The van der Waals surface area contributed by atoms with Crippen LogP contribution in [0.4, 0.5) is 0 Å². The molecule has 4 atom stereocenters. The highest BCUT2D eigenvalue weighted by molar-refractivity contribution is 7.99. The average molecular weight is 243 g/mol. The van der Waals surface area contributed by atoms with Gasteiger partial charge in [0.2, 0.25) is 0 Å². The van der Waals surface area contributed by atoms with Crippen LogP contribution in [0, 0.1) is 5.92 Å². The summed E-state index contributed by atoms with van der Waals surface area (Å²) in [5, 5.41) is 4.23. The predicted octanol–water partition coefficient (Wildman–Crippen LogP) is 2.68. The van der Waals surface area contributed by atoms with E-state index in [1.165, 1.54) is 37.9 Å². The van der Waals surface area contributed by atoms with Gasteiger partial charge in [-0.15, -0.1) is 0 Å². The molecule has 0 aromatic rings. The Labute approximate surface area is 104 Å². The van der Waals surface area contributed by atoms with Crippen LogP contribution in [0.15, 0.2) is 0 Å². The van der Waals surface area contributed by atoms with Gasteiger partial charge in [-0.1, -0.05) is 6.42 Å². The largest absolute Gasteiger partial charge is 0.377 e. The summed E-state index contributed by atoms with van der Waals surface area (Å²) >= 11 is 2.14. The summed E-state index contributed by atoms with van der Waals surface area (Å²) in [4.78, 5) is 0. The van der Waals surface area contributed by atoms with Gasteiger partial charge >= 0.3 is 0 Å². The minimum Gasteiger partial charge on any atom is -0.377 e. The fourth-order valence-corrected chi connectivity index (χ4v) is 4.42. The first-order chi connectivity index (χ1) is 7.81. The van der Waals surface area contributed by atoms with Gasteiger partial charge in [0, 0.05) is 17.9 Å². The van der Waals surface area contributed by atoms with Gasteiger partial charge in [0.25, 0.3) is 0 Å². The zero-order valence-electron chi connectivity index (χ0n) is 10.6. The van der Waals surface area contributed by atoms with E-state index in [4.69, 9.17) is 4.74 Å². The molecule has 2 aliphatic rings. The maximum absolute atomic E-state index is 5.60. The van der Waals surface area contributed by atoms with E-state index >= 15 is 0 Å². The molecule has 4 unspecified atom stereocenters. The number of rotatable bonds is 5. The molecule has 1 aliphatic carbocycles. The van der Waals surface area contributed by atoms with Crippen molar-refractivity contribution in [2.45, 2.75) is 56.4 Å². The Bertz CT molecular complexity index is 212. The monoisotopic (exact) mass is 243 g/mol. The Morgan fingerprint density at radius 1 is 1.31 bits per heavy atom. The third kappa shape index (κ3) is 3.14. The third-order valence-electron chi connectivity index (χ3n) is 4.16. The summed E-state index contributed by atoms with van der Waals surface area (Å²) in [7, 11) is 2.11. The normalized spacial score (nSPS) is 39.4. The SMILES string of the molecule is CNC1CCCC1CCSC1CCOC1C. The van der Waals surface area contributed by atoms with Gasteiger partial charge < -0.3 is 10.1 Å². The molecule has 1 N–H and O–H groups in total. The van der Waals surface area contributed by atoms with Crippen LogP contribution in [0.25, 0.3) is 0 Å². The van der Waals surface area contributed by atoms with Crippen LogP contribution in [0.5, 0.6) is 0 Å². The zero-order valence-corrected chi connectivity index (χ0v) is 11.4. The number of thioether (sulfide) groups is 1. The maximum atomic E-state index is 5.60. The van der Waals surface area contributed by atoms with Crippen molar-refractivity contribution in [3.63, 3.8) is 0 Å². The second kappa shape index (κ2) is 6.27. The molecule has 0 spiro atoms. The average Bonchev–Trinajstić information content (AvgIpc) is 2.88. The molecule has 1 saturated heterocycles. The third-order valence-corrected chi connectivity index (χ3v) is 5.68. The van der Waals surface area contributed by atoms with Crippen molar-refractivity contribution in [2.24, 2.45) is 5.92 Å². The summed E-state index contributed by atoms with van der Waals surface area (Å²) in [5.74, 6) is 2.25. The van der Waals surface area contributed by atoms with Gasteiger partial charge in [-0.25, -0.2) is 0 Å². The fourth-order valence-electron chi connectivity index (χ4n) is 3.06. The molecular weight excluding hydrogens is 218 g/mol. The van der Waals surface area contributed by atoms with Gasteiger partial charge in [-0.3, -0.25) is 0 Å². The summed E-state index contributed by atoms with van der Waals surface area (Å²) in [5.41, 5.74) is 0. The lowest BCUT2D eigenvalue weighted by molar-refractivity contribution is 0.127. The van der Waals surface area contributed by atoms with Gasteiger partial charge in [-0.2, -0.15) is 11.8 Å². The molecule has 1 saturated carbocycles. The lowest BCUT2D eigenvalue weighted by Crippen LogP contribution is -2.29. The van der Waals surface area contributed by atoms with E-state index in [-0.39, 0.29) is 0 Å². The molecule has 1 aliphatic heterocycles. The van der Waals surface area contributed by atoms with Gasteiger partial charge in [-0.05, 0) is 51.3 Å². The van der Waals surface area contributed by atoms with Crippen LogP contribution in [0.3, 0.4) is 0 Å². The van der Waals surface area contributed by atoms with Gasteiger partial charge in [0.05, 0.1) is 6.10 Å². The number of hydrogen-bond acceptors (Lipinski definition) is 3. The Hall–Kier alpha value is 0.270. The van der Waals surface area contributed by atoms with E-state index in [1.807, 2.05) is 0 Å².